The van der Waals surface area contributed by atoms with Crippen molar-refractivity contribution in [1.82, 2.24) is 5.32 Å². The quantitative estimate of drug-likeness (QED) is 0.733. The van der Waals surface area contributed by atoms with Gasteiger partial charge in [-0.15, -0.1) is 0 Å². The van der Waals surface area contributed by atoms with E-state index in [0.717, 1.165) is 17.0 Å². The van der Waals surface area contributed by atoms with E-state index in [-0.39, 0.29) is 12.8 Å². The van der Waals surface area contributed by atoms with Crippen molar-refractivity contribution in [2.24, 2.45) is 0 Å². The predicted octanol–water partition coefficient (Wildman–Crippen LogP) is 1.29. The number of anilines is 1. The number of nitrogens with zero attached hydrogens (tertiary/aromatic N) is 1. The molecule has 0 radical (unpaired) electrons. The summed E-state index contributed by atoms with van der Waals surface area (Å²) in [5, 5.41) is 19.7. The molecule has 0 aliphatic rings. The van der Waals surface area contributed by atoms with E-state index in [4.69, 9.17) is 10.2 Å². The number of aliphatic carboxylic acids is 2. The fourth-order valence-electron chi connectivity index (χ4n) is 1.55. The number of carboxylic acids is 2. The number of rotatable bonds is 6. The number of benzene rings is 1. The van der Waals surface area contributed by atoms with Crippen molar-refractivity contribution in [1.29, 1.82) is 0 Å². The number of amides is 2. The van der Waals surface area contributed by atoms with Crippen LogP contribution >= 0.6 is 0 Å². The molecule has 8 heteroatoms. The molecule has 21 heavy (non-hydrogen) atoms. The van der Waals surface area contributed by atoms with Crippen LogP contribution in [0, 0.1) is 5.82 Å². The smallest absolute Gasteiger partial charge is 0.326 e. The Hall–Kier alpha value is -2.64. The highest BCUT2D eigenvalue weighted by Gasteiger charge is 2.23. The first-order valence-corrected chi connectivity index (χ1v) is 6.05. The standard InChI is InChI=1S/C13H15FN2O5/c1-16(9-4-2-8(14)3-5-9)13(21)15-10(12(19)20)6-7-11(17)18/h2-5,10H,6-7H2,1H3,(H,15,21)(H,17,18)(H,19,20)/t10-/m0/s1. The van der Waals surface area contributed by atoms with Crippen molar-refractivity contribution in [3.63, 3.8) is 0 Å². The molecule has 0 saturated heterocycles. The third-order valence-electron chi connectivity index (χ3n) is 2.76. The molecule has 3 N–H and O–H groups in total. The fraction of sp³-hybridized carbons (Fsp3) is 0.308. The number of nitrogens with one attached hydrogen (secondary N) is 1. The van der Waals surface area contributed by atoms with Crippen LogP contribution in [0.4, 0.5) is 14.9 Å². The molecule has 0 aromatic heterocycles. The van der Waals surface area contributed by atoms with E-state index in [9.17, 15) is 18.8 Å². The van der Waals surface area contributed by atoms with Crippen molar-refractivity contribution in [3.8, 4) is 0 Å². The number of carbonyl (C=O) groups excluding carboxylic acids is 1. The van der Waals surface area contributed by atoms with Crippen LogP contribution < -0.4 is 10.2 Å². The van der Waals surface area contributed by atoms with Crippen molar-refractivity contribution >= 4 is 23.7 Å². The van der Waals surface area contributed by atoms with Gasteiger partial charge >= 0.3 is 18.0 Å². The first-order valence-electron chi connectivity index (χ1n) is 6.05. The second-order valence-electron chi connectivity index (χ2n) is 4.31. The van der Waals surface area contributed by atoms with Gasteiger partial charge in [0.1, 0.15) is 11.9 Å². The predicted molar refractivity (Wildman–Crippen MR) is 71.6 cm³/mol. The third-order valence-corrected chi connectivity index (χ3v) is 2.76. The van der Waals surface area contributed by atoms with Gasteiger partial charge in [-0.1, -0.05) is 0 Å². The van der Waals surface area contributed by atoms with Gasteiger partial charge in [0.25, 0.3) is 0 Å². The highest BCUT2D eigenvalue weighted by atomic mass is 19.1. The molecule has 1 aromatic carbocycles. The largest absolute Gasteiger partial charge is 0.481 e. The monoisotopic (exact) mass is 298 g/mol. The lowest BCUT2D eigenvalue weighted by molar-refractivity contribution is -0.140. The van der Waals surface area contributed by atoms with Crippen LogP contribution in [0.1, 0.15) is 12.8 Å². The van der Waals surface area contributed by atoms with Gasteiger partial charge in [-0.05, 0) is 30.7 Å². The summed E-state index contributed by atoms with van der Waals surface area (Å²) in [5.41, 5.74) is 0.372. The summed E-state index contributed by atoms with van der Waals surface area (Å²) in [6.07, 6.45) is -0.606. The van der Waals surface area contributed by atoms with Gasteiger partial charge in [-0.25, -0.2) is 14.0 Å². The number of carbonyl (C=O) groups is 3. The minimum Gasteiger partial charge on any atom is -0.481 e. The van der Waals surface area contributed by atoms with Gasteiger partial charge in [-0.3, -0.25) is 9.69 Å². The van der Waals surface area contributed by atoms with E-state index in [2.05, 4.69) is 5.32 Å². The lowest BCUT2D eigenvalue weighted by Crippen LogP contribution is -2.47. The summed E-state index contributed by atoms with van der Waals surface area (Å²) in [6.45, 7) is 0. The highest BCUT2D eigenvalue weighted by Crippen LogP contribution is 2.13. The van der Waals surface area contributed by atoms with Gasteiger partial charge in [0.05, 0.1) is 0 Å². The summed E-state index contributed by atoms with van der Waals surface area (Å²) < 4.78 is 12.8. The third kappa shape index (κ3) is 5.09. The van der Waals surface area contributed by atoms with Crippen LogP contribution in [0.2, 0.25) is 0 Å². The topological polar surface area (TPSA) is 107 Å². The van der Waals surface area contributed by atoms with E-state index in [1.807, 2.05) is 0 Å². The molecular formula is C13H15FN2O5. The second-order valence-corrected chi connectivity index (χ2v) is 4.31. The zero-order chi connectivity index (χ0) is 16.0. The molecule has 0 spiro atoms. The molecule has 1 rings (SSSR count). The molecule has 1 atom stereocenters. The number of carboxylic acid groups (broad SMARTS) is 2. The highest BCUT2D eigenvalue weighted by molar-refractivity contribution is 5.94. The molecule has 0 aliphatic carbocycles. The Kier molecular flexibility index (Phi) is 5.65. The summed E-state index contributed by atoms with van der Waals surface area (Å²) in [6, 6.07) is 3.02. The van der Waals surface area contributed by atoms with Crippen molar-refractivity contribution in [2.45, 2.75) is 18.9 Å². The second kappa shape index (κ2) is 7.22. The Morgan fingerprint density at radius 3 is 2.29 bits per heavy atom. The Labute approximate surface area is 120 Å². The van der Waals surface area contributed by atoms with Gasteiger partial charge in [0, 0.05) is 19.2 Å². The van der Waals surface area contributed by atoms with Crippen LogP contribution in [-0.2, 0) is 9.59 Å². The fourth-order valence-corrected chi connectivity index (χ4v) is 1.55. The minimum atomic E-state index is -1.32. The molecule has 0 saturated carbocycles. The Morgan fingerprint density at radius 1 is 1.24 bits per heavy atom. The van der Waals surface area contributed by atoms with E-state index in [1.165, 1.54) is 19.2 Å². The van der Waals surface area contributed by atoms with Crippen molar-refractivity contribution in [2.75, 3.05) is 11.9 Å². The first kappa shape index (κ1) is 16.4. The summed E-state index contributed by atoms with van der Waals surface area (Å²) in [7, 11) is 1.39. The molecule has 0 aliphatic heterocycles. The normalized spacial score (nSPS) is 11.5. The van der Waals surface area contributed by atoms with Gasteiger partial charge in [0.2, 0.25) is 0 Å². The maximum Gasteiger partial charge on any atom is 0.326 e. The molecule has 114 valence electrons. The maximum absolute atomic E-state index is 12.8. The van der Waals surface area contributed by atoms with Crippen LogP contribution in [0.5, 0.6) is 0 Å². The van der Waals surface area contributed by atoms with Crippen LogP contribution in [0.25, 0.3) is 0 Å². The van der Waals surface area contributed by atoms with E-state index in [0.29, 0.717) is 5.69 Å². The van der Waals surface area contributed by atoms with Crippen molar-refractivity contribution < 1.29 is 29.0 Å². The minimum absolute atomic E-state index is 0.229. The molecule has 0 bridgehead atoms. The van der Waals surface area contributed by atoms with Gasteiger partial charge in [0.15, 0.2) is 0 Å². The van der Waals surface area contributed by atoms with E-state index < -0.39 is 29.8 Å². The SMILES string of the molecule is CN(C(=O)N[C@@H](CCC(=O)O)C(=O)O)c1ccc(F)cc1. The number of hydrogen-bond acceptors (Lipinski definition) is 3. The zero-order valence-electron chi connectivity index (χ0n) is 11.2. The Balaban J connectivity index is 2.70. The first-order chi connectivity index (χ1) is 9.81. The van der Waals surface area contributed by atoms with Crippen LogP contribution in [-0.4, -0.2) is 41.3 Å². The Morgan fingerprint density at radius 2 is 1.81 bits per heavy atom. The summed E-state index contributed by atoms with van der Waals surface area (Å²) in [5.74, 6) is -2.93. The molecule has 2 amide bonds. The van der Waals surface area contributed by atoms with Crippen LogP contribution in [0.3, 0.4) is 0 Å². The molecule has 0 fully saturated rings. The molecule has 1 aromatic rings. The summed E-state index contributed by atoms with van der Waals surface area (Å²) in [4.78, 5) is 34.4. The van der Waals surface area contributed by atoms with E-state index in [1.54, 1.807) is 0 Å². The molecule has 7 nitrogen and oxygen atoms in total. The molecular weight excluding hydrogens is 283 g/mol. The van der Waals surface area contributed by atoms with Crippen molar-refractivity contribution in [3.05, 3.63) is 30.1 Å². The Bertz CT molecular complexity index is 532. The molecule has 0 unspecified atom stereocenters. The number of halogens is 1. The molecule has 0 heterocycles. The zero-order valence-corrected chi connectivity index (χ0v) is 11.2. The van der Waals surface area contributed by atoms with E-state index >= 15 is 0 Å². The van der Waals surface area contributed by atoms with Gasteiger partial charge in [-0.2, -0.15) is 0 Å². The summed E-state index contributed by atoms with van der Waals surface area (Å²) >= 11 is 0. The van der Waals surface area contributed by atoms with Gasteiger partial charge < -0.3 is 15.5 Å². The maximum atomic E-state index is 12.8. The average Bonchev–Trinajstić information content (AvgIpc) is 2.42. The number of hydrogen-bond donors (Lipinski definition) is 3. The van der Waals surface area contributed by atoms with Crippen LogP contribution in [0.15, 0.2) is 24.3 Å². The number of urea groups is 1. The average molecular weight is 298 g/mol. The lowest BCUT2D eigenvalue weighted by atomic mass is 10.1. The lowest BCUT2D eigenvalue weighted by Gasteiger charge is -2.21.